The zero-order chi connectivity index (χ0) is 19.1. The largest absolute Gasteiger partial charge is 0.491 e. The first-order valence-corrected chi connectivity index (χ1v) is 9.27. The molecule has 0 radical (unpaired) electrons. The molecule has 0 spiro atoms. The summed E-state index contributed by atoms with van der Waals surface area (Å²) in [6, 6.07) is 13.9. The van der Waals surface area contributed by atoms with Gasteiger partial charge in [-0.15, -0.1) is 24.0 Å². The van der Waals surface area contributed by atoms with Crippen molar-refractivity contribution in [3.05, 3.63) is 48.0 Å². The Hall–Kier alpha value is -2.16. The molecule has 0 saturated carbocycles. The van der Waals surface area contributed by atoms with Gasteiger partial charge in [0.1, 0.15) is 5.75 Å². The normalized spacial score (nSPS) is 13.4. The standard InChI is InChI=1S/C21H27N3O3.HI/c1-15(2)27-18-8-5-16(6-9-18)14-23-21(22-3)24-17-7-10-19-20(13-17)26-12-4-11-25-19;/h5-10,13,15H,4,11-12,14H2,1-3H3,(H2,22,23,24);1H. The highest BCUT2D eigenvalue weighted by molar-refractivity contribution is 14.0. The number of benzene rings is 2. The zero-order valence-electron chi connectivity index (χ0n) is 16.5. The number of ether oxygens (including phenoxy) is 3. The predicted octanol–water partition coefficient (Wildman–Crippen LogP) is 4.44. The Morgan fingerprint density at radius 3 is 2.46 bits per heavy atom. The van der Waals surface area contributed by atoms with Crippen molar-refractivity contribution in [1.82, 2.24) is 5.32 Å². The Labute approximate surface area is 183 Å². The summed E-state index contributed by atoms with van der Waals surface area (Å²) < 4.78 is 17.1. The van der Waals surface area contributed by atoms with Crippen LogP contribution < -0.4 is 24.8 Å². The van der Waals surface area contributed by atoms with Crippen molar-refractivity contribution in [3.63, 3.8) is 0 Å². The van der Waals surface area contributed by atoms with Crippen molar-refractivity contribution in [2.24, 2.45) is 4.99 Å². The van der Waals surface area contributed by atoms with Crippen molar-refractivity contribution in [1.29, 1.82) is 0 Å². The third kappa shape index (κ3) is 6.47. The molecule has 0 atom stereocenters. The molecule has 0 aliphatic carbocycles. The minimum absolute atomic E-state index is 0. The van der Waals surface area contributed by atoms with Gasteiger partial charge in [0.05, 0.1) is 19.3 Å². The smallest absolute Gasteiger partial charge is 0.195 e. The molecular formula is C21H28IN3O3. The van der Waals surface area contributed by atoms with E-state index in [1.54, 1.807) is 7.05 Å². The fourth-order valence-corrected chi connectivity index (χ4v) is 2.70. The monoisotopic (exact) mass is 497 g/mol. The van der Waals surface area contributed by atoms with Gasteiger partial charge in [-0.1, -0.05) is 12.1 Å². The minimum atomic E-state index is 0. The van der Waals surface area contributed by atoms with Gasteiger partial charge < -0.3 is 24.8 Å². The number of hydrogen-bond acceptors (Lipinski definition) is 4. The van der Waals surface area contributed by atoms with E-state index in [-0.39, 0.29) is 30.1 Å². The molecule has 2 aromatic rings. The summed E-state index contributed by atoms with van der Waals surface area (Å²) in [6.45, 7) is 6.05. The quantitative estimate of drug-likeness (QED) is 0.364. The van der Waals surface area contributed by atoms with Crippen molar-refractivity contribution < 1.29 is 14.2 Å². The van der Waals surface area contributed by atoms with E-state index in [4.69, 9.17) is 14.2 Å². The fraction of sp³-hybridized carbons (Fsp3) is 0.381. The number of guanidine groups is 1. The van der Waals surface area contributed by atoms with E-state index in [2.05, 4.69) is 15.6 Å². The molecule has 0 unspecified atom stereocenters. The maximum Gasteiger partial charge on any atom is 0.195 e. The molecule has 2 aromatic carbocycles. The Morgan fingerprint density at radius 2 is 1.79 bits per heavy atom. The SMILES string of the molecule is CN=C(NCc1ccc(OC(C)C)cc1)Nc1ccc2c(c1)OCCCO2.I. The number of nitrogens with one attached hydrogen (secondary N) is 2. The number of aliphatic imine (C=N–C) groups is 1. The number of hydrogen-bond donors (Lipinski definition) is 2. The van der Waals surface area contributed by atoms with Crippen LogP contribution >= 0.6 is 24.0 Å². The first-order valence-electron chi connectivity index (χ1n) is 9.27. The maximum absolute atomic E-state index is 5.74. The molecule has 0 bridgehead atoms. The lowest BCUT2D eigenvalue weighted by Crippen LogP contribution is -2.30. The van der Waals surface area contributed by atoms with Crippen LogP contribution in [0.3, 0.4) is 0 Å². The summed E-state index contributed by atoms with van der Waals surface area (Å²) in [7, 11) is 1.75. The van der Waals surface area contributed by atoms with E-state index in [0.717, 1.165) is 34.9 Å². The Bertz CT molecular complexity index is 779. The molecule has 6 nitrogen and oxygen atoms in total. The summed E-state index contributed by atoms with van der Waals surface area (Å²) in [4.78, 5) is 4.28. The van der Waals surface area contributed by atoms with Crippen LogP contribution in [0.15, 0.2) is 47.5 Å². The lowest BCUT2D eigenvalue weighted by molar-refractivity contribution is 0.242. The molecule has 152 valence electrons. The molecule has 0 fully saturated rings. The lowest BCUT2D eigenvalue weighted by atomic mass is 10.2. The van der Waals surface area contributed by atoms with E-state index in [0.29, 0.717) is 25.7 Å². The molecule has 0 aromatic heterocycles. The van der Waals surface area contributed by atoms with Gasteiger partial charge in [-0.25, -0.2) is 0 Å². The lowest BCUT2D eigenvalue weighted by Gasteiger charge is -2.14. The average Bonchev–Trinajstić information content (AvgIpc) is 2.90. The van der Waals surface area contributed by atoms with E-state index >= 15 is 0 Å². The first kappa shape index (κ1) is 22.1. The first-order chi connectivity index (χ1) is 13.1. The van der Waals surface area contributed by atoms with E-state index in [9.17, 15) is 0 Å². The second kappa shape index (κ2) is 11.0. The summed E-state index contributed by atoms with van der Waals surface area (Å²) in [5, 5.41) is 6.60. The number of nitrogens with zero attached hydrogens (tertiary/aromatic N) is 1. The Kier molecular flexibility index (Phi) is 8.69. The highest BCUT2D eigenvalue weighted by Gasteiger charge is 2.11. The third-order valence-corrected chi connectivity index (χ3v) is 3.99. The maximum atomic E-state index is 5.74. The van der Waals surface area contributed by atoms with Gasteiger partial charge in [-0.2, -0.15) is 0 Å². The summed E-state index contributed by atoms with van der Waals surface area (Å²) in [5.41, 5.74) is 2.04. The van der Waals surface area contributed by atoms with Gasteiger partial charge in [0.25, 0.3) is 0 Å². The zero-order valence-corrected chi connectivity index (χ0v) is 18.9. The van der Waals surface area contributed by atoms with Gasteiger partial charge >= 0.3 is 0 Å². The van der Waals surface area contributed by atoms with Crippen LogP contribution in [0.1, 0.15) is 25.8 Å². The van der Waals surface area contributed by atoms with Crippen LogP contribution in [-0.2, 0) is 6.54 Å². The number of fused-ring (bicyclic) bond motifs is 1. The molecule has 28 heavy (non-hydrogen) atoms. The minimum Gasteiger partial charge on any atom is -0.491 e. The van der Waals surface area contributed by atoms with Gasteiger partial charge in [0.15, 0.2) is 17.5 Å². The highest BCUT2D eigenvalue weighted by atomic mass is 127. The van der Waals surface area contributed by atoms with Crippen molar-refractivity contribution in [3.8, 4) is 17.2 Å². The summed E-state index contributed by atoms with van der Waals surface area (Å²) in [6.07, 6.45) is 1.06. The number of anilines is 1. The van der Waals surface area contributed by atoms with Crippen LogP contribution in [0, 0.1) is 0 Å². The predicted molar refractivity (Wildman–Crippen MR) is 123 cm³/mol. The van der Waals surface area contributed by atoms with Crippen molar-refractivity contribution in [2.75, 3.05) is 25.6 Å². The molecule has 0 amide bonds. The van der Waals surface area contributed by atoms with Crippen molar-refractivity contribution in [2.45, 2.75) is 32.9 Å². The topological polar surface area (TPSA) is 64.1 Å². The van der Waals surface area contributed by atoms with Gasteiger partial charge in [0.2, 0.25) is 0 Å². The van der Waals surface area contributed by atoms with Crippen LogP contribution in [0.5, 0.6) is 17.2 Å². The molecule has 7 heteroatoms. The molecule has 1 aliphatic heterocycles. The van der Waals surface area contributed by atoms with Crippen LogP contribution in [0.2, 0.25) is 0 Å². The van der Waals surface area contributed by atoms with Crippen molar-refractivity contribution >= 4 is 35.6 Å². The summed E-state index contributed by atoms with van der Waals surface area (Å²) >= 11 is 0. The van der Waals surface area contributed by atoms with Gasteiger partial charge in [-0.3, -0.25) is 4.99 Å². The molecular weight excluding hydrogens is 469 g/mol. The van der Waals surface area contributed by atoms with Gasteiger partial charge in [-0.05, 0) is 43.7 Å². The van der Waals surface area contributed by atoms with Crippen LogP contribution in [0.4, 0.5) is 5.69 Å². The Balaban J connectivity index is 0.00000280. The molecule has 1 heterocycles. The number of rotatable bonds is 5. The highest BCUT2D eigenvalue weighted by Crippen LogP contribution is 2.32. The second-order valence-corrected chi connectivity index (χ2v) is 6.57. The number of halogens is 1. The van der Waals surface area contributed by atoms with E-state index < -0.39 is 0 Å². The van der Waals surface area contributed by atoms with Crippen LogP contribution in [0.25, 0.3) is 0 Å². The van der Waals surface area contributed by atoms with Gasteiger partial charge in [0, 0.05) is 31.8 Å². The third-order valence-electron chi connectivity index (χ3n) is 3.99. The van der Waals surface area contributed by atoms with E-state index in [1.807, 2.05) is 56.3 Å². The second-order valence-electron chi connectivity index (χ2n) is 6.57. The fourth-order valence-electron chi connectivity index (χ4n) is 2.70. The Morgan fingerprint density at radius 1 is 1.07 bits per heavy atom. The average molecular weight is 497 g/mol. The van der Waals surface area contributed by atoms with E-state index in [1.165, 1.54) is 0 Å². The summed E-state index contributed by atoms with van der Waals surface area (Å²) in [5.74, 6) is 3.11. The molecule has 2 N–H and O–H groups in total. The molecule has 1 aliphatic rings. The molecule has 3 rings (SSSR count). The molecule has 0 saturated heterocycles. The van der Waals surface area contributed by atoms with Crippen LogP contribution in [-0.4, -0.2) is 32.3 Å².